The van der Waals surface area contributed by atoms with Gasteiger partial charge >= 0.3 is 11.9 Å². The first-order chi connectivity index (χ1) is 6.60. The molecule has 0 unspecified atom stereocenters. The van der Waals surface area contributed by atoms with Crippen LogP contribution in [-0.2, 0) is 19.1 Å². The maximum absolute atomic E-state index is 10.9. The van der Waals surface area contributed by atoms with Crippen LogP contribution < -0.4 is 0 Å². The minimum absolute atomic E-state index is 0.0359. The molecule has 0 spiro atoms. The number of esters is 2. The minimum atomic E-state index is -0.548. The van der Waals surface area contributed by atoms with E-state index in [-0.39, 0.29) is 12.8 Å². The summed E-state index contributed by atoms with van der Waals surface area (Å²) in [6, 6.07) is 0. The van der Waals surface area contributed by atoms with Gasteiger partial charge in [-0.25, -0.2) is 0 Å². The van der Waals surface area contributed by atoms with E-state index in [4.69, 9.17) is 11.6 Å². The zero-order valence-corrected chi connectivity index (χ0v) is 9.17. The maximum atomic E-state index is 10.9. The van der Waals surface area contributed by atoms with Crippen LogP contribution in [0, 0.1) is 0 Å². The molecule has 0 atom stereocenters. The lowest BCUT2D eigenvalue weighted by Crippen LogP contribution is -2.16. The van der Waals surface area contributed by atoms with Gasteiger partial charge in [0.15, 0.2) is 0 Å². The Labute approximate surface area is 88.5 Å². The third-order valence-corrected chi connectivity index (χ3v) is 1.70. The van der Waals surface area contributed by atoms with Crippen molar-refractivity contribution in [2.24, 2.45) is 0 Å². The van der Waals surface area contributed by atoms with E-state index < -0.39 is 17.3 Å². The summed E-state index contributed by atoms with van der Waals surface area (Å²) in [4.78, 5) is 21.9. The van der Waals surface area contributed by atoms with Gasteiger partial charge in [-0.15, -0.1) is 11.6 Å². The summed E-state index contributed by atoms with van der Waals surface area (Å²) < 4.78 is 9.36. The highest BCUT2D eigenvalue weighted by Gasteiger charge is 2.16. The Morgan fingerprint density at radius 2 is 1.43 bits per heavy atom. The topological polar surface area (TPSA) is 52.6 Å². The summed E-state index contributed by atoms with van der Waals surface area (Å²) in [5, 5.41) is -0.548. The lowest BCUT2D eigenvalue weighted by atomic mass is 10.2. The molecule has 0 aliphatic heterocycles. The number of rotatable bonds is 6. The summed E-state index contributed by atoms with van der Waals surface area (Å²) in [6.45, 7) is 4.07. The predicted octanol–water partition coefficient (Wildman–Crippen LogP) is 1.50. The molecule has 0 radical (unpaired) electrons. The molecule has 0 aromatic carbocycles. The largest absolute Gasteiger partial charge is 0.466 e. The van der Waals surface area contributed by atoms with Crippen LogP contribution in [0.15, 0.2) is 0 Å². The summed E-state index contributed by atoms with van der Waals surface area (Å²) in [6.07, 6.45) is 0.0718. The smallest absolute Gasteiger partial charge is 0.307 e. The number of carbonyl (C=O) groups is 2. The van der Waals surface area contributed by atoms with Gasteiger partial charge in [0.05, 0.1) is 31.4 Å². The fraction of sp³-hybridized carbons (Fsp3) is 0.778. The first kappa shape index (κ1) is 13.2. The van der Waals surface area contributed by atoms with Crippen molar-refractivity contribution in [2.45, 2.75) is 32.1 Å². The fourth-order valence-corrected chi connectivity index (χ4v) is 1.13. The lowest BCUT2D eigenvalue weighted by molar-refractivity contribution is -0.144. The first-order valence-electron chi connectivity index (χ1n) is 4.55. The van der Waals surface area contributed by atoms with Crippen LogP contribution in [0.1, 0.15) is 26.7 Å². The Hall–Kier alpha value is -0.770. The van der Waals surface area contributed by atoms with E-state index in [9.17, 15) is 9.59 Å². The molecule has 0 bridgehead atoms. The molecule has 4 nitrogen and oxygen atoms in total. The number of alkyl halides is 1. The SMILES string of the molecule is CCOC(=O)CC(Cl)CC(=O)OCC. The van der Waals surface area contributed by atoms with Crippen molar-refractivity contribution in [2.75, 3.05) is 13.2 Å². The van der Waals surface area contributed by atoms with E-state index in [1.807, 2.05) is 0 Å². The Balaban J connectivity index is 3.68. The van der Waals surface area contributed by atoms with Gasteiger partial charge in [0.25, 0.3) is 0 Å². The average molecular weight is 223 g/mol. The van der Waals surface area contributed by atoms with Crippen LogP contribution >= 0.6 is 11.6 Å². The third-order valence-electron chi connectivity index (χ3n) is 1.39. The van der Waals surface area contributed by atoms with Gasteiger partial charge in [0.1, 0.15) is 0 Å². The average Bonchev–Trinajstić information content (AvgIpc) is 2.03. The highest BCUT2D eigenvalue weighted by Crippen LogP contribution is 2.09. The molecule has 5 heteroatoms. The van der Waals surface area contributed by atoms with Gasteiger partial charge in [0.2, 0.25) is 0 Å². The van der Waals surface area contributed by atoms with Gasteiger partial charge in [-0.05, 0) is 13.8 Å². The van der Waals surface area contributed by atoms with Gasteiger partial charge in [-0.3, -0.25) is 9.59 Å². The number of carbonyl (C=O) groups excluding carboxylic acids is 2. The highest BCUT2D eigenvalue weighted by molar-refractivity contribution is 6.22. The zero-order valence-electron chi connectivity index (χ0n) is 8.42. The van der Waals surface area contributed by atoms with Crippen molar-refractivity contribution in [1.29, 1.82) is 0 Å². The molecule has 0 aliphatic rings. The predicted molar refractivity (Wildman–Crippen MR) is 52.1 cm³/mol. The van der Waals surface area contributed by atoms with Crippen molar-refractivity contribution in [3.63, 3.8) is 0 Å². The van der Waals surface area contributed by atoms with Crippen LogP contribution in [0.3, 0.4) is 0 Å². The highest BCUT2D eigenvalue weighted by atomic mass is 35.5. The van der Waals surface area contributed by atoms with Gasteiger partial charge in [0, 0.05) is 0 Å². The van der Waals surface area contributed by atoms with Crippen LogP contribution in [0.5, 0.6) is 0 Å². The molecular weight excluding hydrogens is 208 g/mol. The number of halogens is 1. The molecule has 82 valence electrons. The number of ether oxygens (including phenoxy) is 2. The van der Waals surface area contributed by atoms with E-state index in [1.165, 1.54) is 0 Å². The van der Waals surface area contributed by atoms with Gasteiger partial charge in [-0.2, -0.15) is 0 Å². The monoisotopic (exact) mass is 222 g/mol. The molecule has 0 saturated carbocycles. The molecular formula is C9H15ClO4. The van der Waals surface area contributed by atoms with Crippen molar-refractivity contribution in [3.8, 4) is 0 Å². The number of hydrogen-bond donors (Lipinski definition) is 0. The molecule has 0 rings (SSSR count). The lowest BCUT2D eigenvalue weighted by Gasteiger charge is -2.07. The van der Waals surface area contributed by atoms with Crippen molar-refractivity contribution < 1.29 is 19.1 Å². The van der Waals surface area contributed by atoms with Crippen molar-refractivity contribution in [1.82, 2.24) is 0 Å². The molecule has 0 aromatic heterocycles. The van der Waals surface area contributed by atoms with Crippen LogP contribution in [-0.4, -0.2) is 30.5 Å². The molecule has 0 amide bonds. The second kappa shape index (κ2) is 7.62. The third kappa shape index (κ3) is 6.71. The summed E-state index contributed by atoms with van der Waals surface area (Å²) in [5.74, 6) is -0.784. The van der Waals surface area contributed by atoms with E-state index in [0.29, 0.717) is 13.2 Å². The second-order valence-corrected chi connectivity index (χ2v) is 3.23. The maximum Gasteiger partial charge on any atom is 0.307 e. The molecule has 0 N–H and O–H groups in total. The summed E-state index contributed by atoms with van der Waals surface area (Å²) in [5.41, 5.74) is 0. The van der Waals surface area contributed by atoms with Crippen LogP contribution in [0.25, 0.3) is 0 Å². The number of hydrogen-bond acceptors (Lipinski definition) is 4. The van der Waals surface area contributed by atoms with E-state index >= 15 is 0 Å². The Bertz CT molecular complexity index is 173. The quantitative estimate of drug-likeness (QED) is 0.505. The fourth-order valence-electron chi connectivity index (χ4n) is 0.874. The van der Waals surface area contributed by atoms with E-state index in [1.54, 1.807) is 13.8 Å². The zero-order chi connectivity index (χ0) is 11.0. The Morgan fingerprint density at radius 3 is 1.71 bits per heavy atom. The van der Waals surface area contributed by atoms with Crippen molar-refractivity contribution in [3.05, 3.63) is 0 Å². The first-order valence-corrected chi connectivity index (χ1v) is 4.99. The van der Waals surface area contributed by atoms with Gasteiger partial charge < -0.3 is 9.47 Å². The minimum Gasteiger partial charge on any atom is -0.466 e. The van der Waals surface area contributed by atoms with Crippen molar-refractivity contribution >= 4 is 23.5 Å². The van der Waals surface area contributed by atoms with Gasteiger partial charge in [-0.1, -0.05) is 0 Å². The molecule has 0 aliphatic carbocycles. The molecule has 0 saturated heterocycles. The van der Waals surface area contributed by atoms with Crippen LogP contribution in [0.4, 0.5) is 0 Å². The standard InChI is InChI=1S/C9H15ClO4/c1-3-13-8(11)5-7(10)6-9(12)14-4-2/h7H,3-6H2,1-2H3. The molecule has 14 heavy (non-hydrogen) atoms. The van der Waals surface area contributed by atoms with E-state index in [2.05, 4.69) is 9.47 Å². The van der Waals surface area contributed by atoms with Crippen LogP contribution in [0.2, 0.25) is 0 Å². The summed E-state index contributed by atoms with van der Waals surface area (Å²) >= 11 is 5.74. The molecule has 0 aromatic rings. The Morgan fingerprint density at radius 1 is 1.07 bits per heavy atom. The summed E-state index contributed by atoms with van der Waals surface area (Å²) in [7, 11) is 0. The molecule has 0 fully saturated rings. The molecule has 0 heterocycles. The normalized spacial score (nSPS) is 10.0. The second-order valence-electron chi connectivity index (χ2n) is 2.62. The Kier molecular flexibility index (Phi) is 7.20. The van der Waals surface area contributed by atoms with E-state index in [0.717, 1.165) is 0 Å².